The molecule has 37 heavy (non-hydrogen) atoms. The molecule has 0 saturated carbocycles. The highest BCUT2D eigenvalue weighted by molar-refractivity contribution is 8.00. The van der Waals surface area contributed by atoms with E-state index in [-0.39, 0.29) is 5.70 Å². The van der Waals surface area contributed by atoms with Crippen molar-refractivity contribution in [1.82, 2.24) is 10.2 Å². The third kappa shape index (κ3) is 4.43. The minimum Gasteiger partial charge on any atom is -0.448 e. The molecule has 2 amide bonds. The number of fused-ring (bicyclic) bond motifs is 1. The number of benzene rings is 3. The average Bonchev–Trinajstić information content (AvgIpc) is 2.95. The van der Waals surface area contributed by atoms with Crippen molar-refractivity contribution in [2.45, 2.75) is 24.1 Å². The van der Waals surface area contributed by atoms with Crippen LogP contribution in [0.15, 0.2) is 102 Å². The molecule has 2 heterocycles. The molecule has 0 spiro atoms. The summed E-state index contributed by atoms with van der Waals surface area (Å²) in [7, 11) is 1.38. The number of methoxy groups -OCH3 is 1. The number of ether oxygens (including phenoxy) is 2. The van der Waals surface area contributed by atoms with Crippen LogP contribution in [0.5, 0.6) is 0 Å². The SMILES string of the molecule is CO[C@@]1(NC(=O)c2ccccc2)C(=O)N2C(C(=O)OC(c3ccccc3)c3ccccc3)=C(C)CS[C@H]21. The second-order valence-corrected chi connectivity index (χ2v) is 9.90. The second kappa shape index (κ2) is 10.2. The lowest BCUT2D eigenvalue weighted by Gasteiger charge is -2.55. The fourth-order valence-electron chi connectivity index (χ4n) is 4.60. The normalized spacial score (nSPS) is 20.8. The van der Waals surface area contributed by atoms with Gasteiger partial charge in [-0.05, 0) is 35.8 Å². The summed E-state index contributed by atoms with van der Waals surface area (Å²) in [5.41, 5.74) is 1.37. The first kappa shape index (κ1) is 24.8. The van der Waals surface area contributed by atoms with Crippen molar-refractivity contribution in [3.05, 3.63) is 119 Å². The Morgan fingerprint density at radius 2 is 1.49 bits per heavy atom. The number of carbonyl (C=O) groups is 3. The van der Waals surface area contributed by atoms with Crippen molar-refractivity contribution in [2.75, 3.05) is 12.9 Å². The molecular formula is C29H26N2O5S. The molecular weight excluding hydrogens is 488 g/mol. The lowest BCUT2D eigenvalue weighted by molar-refractivity contribution is -0.189. The number of nitrogens with zero attached hydrogens (tertiary/aromatic N) is 1. The molecule has 0 aromatic heterocycles. The fourth-order valence-corrected chi connectivity index (χ4v) is 5.99. The van der Waals surface area contributed by atoms with Gasteiger partial charge in [0.25, 0.3) is 17.5 Å². The van der Waals surface area contributed by atoms with Gasteiger partial charge in [0.05, 0.1) is 0 Å². The van der Waals surface area contributed by atoms with Gasteiger partial charge in [-0.25, -0.2) is 4.79 Å². The van der Waals surface area contributed by atoms with E-state index in [1.54, 1.807) is 30.3 Å². The maximum atomic E-state index is 13.6. The highest BCUT2D eigenvalue weighted by Crippen LogP contribution is 2.47. The van der Waals surface area contributed by atoms with Gasteiger partial charge in [0.2, 0.25) is 0 Å². The van der Waals surface area contributed by atoms with E-state index >= 15 is 0 Å². The van der Waals surface area contributed by atoms with Crippen LogP contribution in [0.25, 0.3) is 0 Å². The first-order chi connectivity index (χ1) is 18.0. The van der Waals surface area contributed by atoms with Gasteiger partial charge in [0.15, 0.2) is 6.10 Å². The number of esters is 1. The summed E-state index contributed by atoms with van der Waals surface area (Å²) in [5.74, 6) is -1.07. The zero-order valence-electron chi connectivity index (χ0n) is 20.4. The Kier molecular flexibility index (Phi) is 6.86. The summed E-state index contributed by atoms with van der Waals surface area (Å²) in [6.45, 7) is 1.81. The lowest BCUT2D eigenvalue weighted by Crippen LogP contribution is -2.80. The highest BCUT2D eigenvalue weighted by atomic mass is 32.2. The largest absolute Gasteiger partial charge is 0.448 e. The quantitative estimate of drug-likeness (QED) is 0.288. The van der Waals surface area contributed by atoms with E-state index in [1.807, 2.05) is 67.6 Å². The number of carbonyl (C=O) groups excluding carboxylic acids is 3. The highest BCUT2D eigenvalue weighted by Gasteiger charge is 2.66. The first-order valence-corrected chi connectivity index (χ1v) is 12.9. The third-order valence-electron chi connectivity index (χ3n) is 6.50. The van der Waals surface area contributed by atoms with E-state index in [0.717, 1.165) is 16.7 Å². The van der Waals surface area contributed by atoms with E-state index in [1.165, 1.54) is 23.8 Å². The number of hydrogen-bond acceptors (Lipinski definition) is 6. The molecule has 2 aliphatic heterocycles. The van der Waals surface area contributed by atoms with Crippen molar-refractivity contribution >= 4 is 29.5 Å². The Balaban J connectivity index is 1.41. The lowest BCUT2D eigenvalue weighted by atomic mass is 9.97. The van der Waals surface area contributed by atoms with Crippen molar-refractivity contribution in [3.63, 3.8) is 0 Å². The predicted octanol–water partition coefficient (Wildman–Crippen LogP) is 4.28. The topological polar surface area (TPSA) is 84.9 Å². The summed E-state index contributed by atoms with van der Waals surface area (Å²) in [5, 5.41) is 2.15. The van der Waals surface area contributed by atoms with Crippen LogP contribution in [0.4, 0.5) is 0 Å². The van der Waals surface area contributed by atoms with E-state index in [9.17, 15) is 14.4 Å². The summed E-state index contributed by atoms with van der Waals surface area (Å²) < 4.78 is 11.7. The van der Waals surface area contributed by atoms with Crippen LogP contribution >= 0.6 is 11.8 Å². The number of amides is 2. The first-order valence-electron chi connectivity index (χ1n) is 11.8. The average molecular weight is 515 g/mol. The molecule has 2 atom stereocenters. The molecule has 2 aliphatic rings. The number of β-lactam (4-membered cyclic amide) rings is 1. The zero-order valence-corrected chi connectivity index (χ0v) is 21.2. The molecule has 1 fully saturated rings. The predicted molar refractivity (Wildman–Crippen MR) is 140 cm³/mol. The minimum absolute atomic E-state index is 0.187. The van der Waals surface area contributed by atoms with Crippen molar-refractivity contribution in [1.29, 1.82) is 0 Å². The standard InChI is InChI=1S/C29H26N2O5S/c1-19-18-37-28-29(35-2,30-25(32)22-16-10-5-11-17-22)27(34)31(28)23(19)26(33)36-24(20-12-6-3-7-13-20)21-14-8-4-9-15-21/h3-17,24,28H,18H2,1-2H3,(H,30,32)/t28-,29-/m0/s1. The molecule has 188 valence electrons. The zero-order chi connectivity index (χ0) is 26.0. The Morgan fingerprint density at radius 1 is 0.946 bits per heavy atom. The molecule has 1 saturated heterocycles. The molecule has 1 N–H and O–H groups in total. The van der Waals surface area contributed by atoms with Gasteiger partial charge in [-0.3, -0.25) is 14.5 Å². The monoisotopic (exact) mass is 514 g/mol. The van der Waals surface area contributed by atoms with E-state index in [0.29, 0.717) is 11.3 Å². The Morgan fingerprint density at radius 3 is 2.03 bits per heavy atom. The van der Waals surface area contributed by atoms with Gasteiger partial charge >= 0.3 is 5.97 Å². The van der Waals surface area contributed by atoms with Crippen molar-refractivity contribution in [3.8, 4) is 0 Å². The van der Waals surface area contributed by atoms with Gasteiger partial charge in [0, 0.05) is 18.4 Å². The minimum atomic E-state index is -1.58. The molecule has 5 rings (SSSR count). The second-order valence-electron chi connectivity index (χ2n) is 8.83. The van der Waals surface area contributed by atoms with E-state index < -0.39 is 35.0 Å². The Bertz CT molecular complexity index is 1310. The molecule has 3 aromatic carbocycles. The van der Waals surface area contributed by atoms with Crippen molar-refractivity contribution < 1.29 is 23.9 Å². The maximum absolute atomic E-state index is 13.6. The number of rotatable bonds is 7. The van der Waals surface area contributed by atoms with Gasteiger partial charge < -0.3 is 14.8 Å². The van der Waals surface area contributed by atoms with Gasteiger partial charge in [-0.1, -0.05) is 78.9 Å². The number of thioether (sulfide) groups is 1. The van der Waals surface area contributed by atoms with Crippen LogP contribution in [0.2, 0.25) is 0 Å². The molecule has 3 aromatic rings. The summed E-state index contributed by atoms with van der Waals surface area (Å²) >= 11 is 1.43. The van der Waals surface area contributed by atoms with E-state index in [4.69, 9.17) is 9.47 Å². The van der Waals surface area contributed by atoms with Crippen molar-refractivity contribution in [2.24, 2.45) is 0 Å². The Labute approximate surface area is 219 Å². The van der Waals surface area contributed by atoms with Crippen LogP contribution in [0, 0.1) is 0 Å². The summed E-state index contributed by atoms with van der Waals surface area (Å²) in [6.07, 6.45) is -0.649. The summed E-state index contributed by atoms with van der Waals surface area (Å²) in [6, 6.07) is 27.6. The van der Waals surface area contributed by atoms with Crippen LogP contribution in [-0.2, 0) is 19.1 Å². The number of nitrogens with one attached hydrogen (secondary N) is 1. The molecule has 0 aliphatic carbocycles. The maximum Gasteiger partial charge on any atom is 0.356 e. The molecule has 7 nitrogen and oxygen atoms in total. The van der Waals surface area contributed by atoms with Gasteiger partial charge in [0.1, 0.15) is 11.1 Å². The van der Waals surface area contributed by atoms with Gasteiger partial charge in [-0.15, -0.1) is 11.8 Å². The summed E-state index contributed by atoms with van der Waals surface area (Å²) in [4.78, 5) is 41.4. The van der Waals surface area contributed by atoms with Crippen LogP contribution in [0.3, 0.4) is 0 Å². The van der Waals surface area contributed by atoms with E-state index in [2.05, 4.69) is 5.32 Å². The van der Waals surface area contributed by atoms with Gasteiger partial charge in [-0.2, -0.15) is 0 Å². The molecule has 0 radical (unpaired) electrons. The van der Waals surface area contributed by atoms with Crippen LogP contribution in [-0.4, -0.2) is 46.6 Å². The molecule has 0 bridgehead atoms. The molecule has 0 unspecified atom stereocenters. The third-order valence-corrected chi connectivity index (χ3v) is 7.96. The van der Waals surface area contributed by atoms with Crippen LogP contribution < -0.4 is 5.32 Å². The molecule has 8 heteroatoms. The number of hydrogen-bond donors (Lipinski definition) is 1. The van der Waals surface area contributed by atoms with Crippen LogP contribution in [0.1, 0.15) is 34.5 Å². The smallest absolute Gasteiger partial charge is 0.356 e. The Hall–Kier alpha value is -3.88. The fraction of sp³-hybridized carbons (Fsp3) is 0.207.